The van der Waals surface area contributed by atoms with Crippen LogP contribution in [0, 0.1) is 6.92 Å². The fourth-order valence-electron chi connectivity index (χ4n) is 5.12. The molecule has 2 unspecified atom stereocenters. The third-order valence-corrected chi connectivity index (χ3v) is 6.68. The van der Waals surface area contributed by atoms with Crippen LogP contribution >= 0.6 is 0 Å². The number of rotatable bonds is 4. The molecule has 0 amide bonds. The zero-order valence-electron chi connectivity index (χ0n) is 18.6. The van der Waals surface area contributed by atoms with E-state index < -0.39 is 12.2 Å². The molecule has 4 aromatic rings. The van der Waals surface area contributed by atoms with Gasteiger partial charge in [-0.05, 0) is 51.2 Å². The molecule has 6 heterocycles. The van der Waals surface area contributed by atoms with Gasteiger partial charge in [-0.15, -0.1) is 0 Å². The van der Waals surface area contributed by atoms with Crippen LogP contribution in [0.15, 0.2) is 23.4 Å². The molecule has 0 saturated carbocycles. The van der Waals surface area contributed by atoms with Gasteiger partial charge in [0, 0.05) is 13.2 Å². The van der Waals surface area contributed by atoms with Gasteiger partial charge in [0.2, 0.25) is 5.95 Å². The van der Waals surface area contributed by atoms with Crippen LogP contribution in [0.3, 0.4) is 0 Å². The summed E-state index contributed by atoms with van der Waals surface area (Å²) in [6.45, 7) is 4.91. The van der Waals surface area contributed by atoms with Crippen LogP contribution in [0.5, 0.6) is 0 Å². The van der Waals surface area contributed by atoms with Gasteiger partial charge in [-0.2, -0.15) is 10.1 Å². The third-order valence-electron chi connectivity index (χ3n) is 6.68. The molecule has 1 fully saturated rings. The van der Waals surface area contributed by atoms with E-state index in [1.165, 1.54) is 6.33 Å². The van der Waals surface area contributed by atoms with Gasteiger partial charge in [0.15, 0.2) is 11.3 Å². The Labute approximate surface area is 189 Å². The number of ether oxygens (including phenoxy) is 1. The van der Waals surface area contributed by atoms with Crippen molar-refractivity contribution < 1.29 is 9.84 Å². The van der Waals surface area contributed by atoms with Gasteiger partial charge in [0.05, 0.1) is 29.7 Å². The average molecular weight is 451 g/mol. The van der Waals surface area contributed by atoms with Crippen molar-refractivity contribution in [1.82, 2.24) is 33.7 Å². The monoisotopic (exact) mass is 450 g/mol. The van der Waals surface area contributed by atoms with Gasteiger partial charge < -0.3 is 15.2 Å². The minimum absolute atomic E-state index is 0.112. The zero-order valence-corrected chi connectivity index (χ0v) is 18.6. The van der Waals surface area contributed by atoms with Crippen molar-refractivity contribution in [3.63, 3.8) is 0 Å². The van der Waals surface area contributed by atoms with E-state index in [-0.39, 0.29) is 11.7 Å². The van der Waals surface area contributed by atoms with Crippen molar-refractivity contribution in [1.29, 1.82) is 0 Å². The summed E-state index contributed by atoms with van der Waals surface area (Å²) < 4.78 is 11.1. The predicted octanol–water partition coefficient (Wildman–Crippen LogP) is 1.73. The topological polar surface area (TPSA) is 124 Å². The minimum Gasteiger partial charge on any atom is -0.391 e. The highest BCUT2D eigenvalue weighted by molar-refractivity contribution is 5.77. The number of hydrogen-bond donors (Lipinski definition) is 2. The Bertz CT molecular complexity index is 1420. The fraction of sp³-hybridized carbons (Fsp3) is 0.500. The molecule has 6 rings (SSSR count). The SMILES string of the molecule is Cc1cc2ncnn2cc1Nc1nc2c3c(n1)n(C1CCCO[C@@H]1C(C)O)c(=O)n3CCC2. The summed E-state index contributed by atoms with van der Waals surface area (Å²) in [7, 11) is 0. The zero-order chi connectivity index (χ0) is 22.7. The maximum atomic E-state index is 13.5. The van der Waals surface area contributed by atoms with Gasteiger partial charge in [-0.3, -0.25) is 9.13 Å². The molecule has 1 saturated heterocycles. The number of fused-ring (bicyclic) bond motifs is 1. The molecule has 3 atom stereocenters. The molecule has 0 spiro atoms. The highest BCUT2D eigenvalue weighted by Crippen LogP contribution is 2.32. The number of nitrogens with zero attached hydrogens (tertiary/aromatic N) is 7. The van der Waals surface area contributed by atoms with Gasteiger partial charge in [-0.1, -0.05) is 0 Å². The van der Waals surface area contributed by atoms with Gasteiger partial charge >= 0.3 is 5.69 Å². The second kappa shape index (κ2) is 7.63. The van der Waals surface area contributed by atoms with Crippen LogP contribution in [0.25, 0.3) is 16.8 Å². The Morgan fingerprint density at radius 2 is 2.18 bits per heavy atom. The van der Waals surface area contributed by atoms with Crippen molar-refractivity contribution in [2.75, 3.05) is 11.9 Å². The van der Waals surface area contributed by atoms with Crippen molar-refractivity contribution in [2.24, 2.45) is 0 Å². The van der Waals surface area contributed by atoms with Crippen LogP contribution in [-0.2, 0) is 17.7 Å². The first-order valence-electron chi connectivity index (χ1n) is 11.4. The maximum absolute atomic E-state index is 13.5. The molecule has 0 aliphatic carbocycles. The third kappa shape index (κ3) is 3.22. The Hall–Kier alpha value is -3.31. The van der Waals surface area contributed by atoms with Crippen LogP contribution < -0.4 is 11.0 Å². The van der Waals surface area contributed by atoms with Crippen LogP contribution in [-0.4, -0.2) is 57.6 Å². The minimum atomic E-state index is -0.693. The molecular weight excluding hydrogens is 424 g/mol. The van der Waals surface area contributed by atoms with Crippen LogP contribution in [0.2, 0.25) is 0 Å². The van der Waals surface area contributed by atoms with Crippen LogP contribution in [0.4, 0.5) is 11.6 Å². The fourth-order valence-corrected chi connectivity index (χ4v) is 5.12. The smallest absolute Gasteiger partial charge is 0.330 e. The number of aliphatic hydroxyl groups excluding tert-OH is 1. The van der Waals surface area contributed by atoms with E-state index in [1.807, 2.05) is 19.2 Å². The van der Waals surface area contributed by atoms with Gasteiger partial charge in [0.25, 0.3) is 0 Å². The first-order valence-corrected chi connectivity index (χ1v) is 11.4. The number of aliphatic hydroxyl groups is 1. The Morgan fingerprint density at radius 3 is 3.03 bits per heavy atom. The molecular formula is C22H26N8O3. The lowest BCUT2D eigenvalue weighted by molar-refractivity contribution is -0.0832. The number of anilines is 2. The van der Waals surface area contributed by atoms with Crippen LogP contribution in [0.1, 0.15) is 43.5 Å². The molecule has 2 N–H and O–H groups in total. The molecule has 4 aromatic heterocycles. The Balaban J connectivity index is 1.50. The second-order valence-corrected chi connectivity index (χ2v) is 8.92. The van der Waals surface area contributed by atoms with Crippen molar-refractivity contribution >= 4 is 28.4 Å². The quantitative estimate of drug-likeness (QED) is 0.482. The largest absolute Gasteiger partial charge is 0.391 e. The summed E-state index contributed by atoms with van der Waals surface area (Å²) >= 11 is 0. The molecule has 11 heteroatoms. The number of nitrogens with one attached hydrogen (secondary N) is 1. The average Bonchev–Trinajstić information content (AvgIpc) is 3.37. The van der Waals surface area contributed by atoms with E-state index in [1.54, 1.807) is 20.6 Å². The van der Waals surface area contributed by atoms with E-state index >= 15 is 0 Å². The molecule has 2 aliphatic heterocycles. The van der Waals surface area contributed by atoms with Gasteiger partial charge in [0.1, 0.15) is 17.9 Å². The van der Waals surface area contributed by atoms with Crippen molar-refractivity contribution in [2.45, 2.75) is 64.3 Å². The normalized spacial score (nSPS) is 21.5. The first-order chi connectivity index (χ1) is 16.0. The molecule has 11 nitrogen and oxygen atoms in total. The lowest BCUT2D eigenvalue weighted by atomic mass is 9.98. The lowest BCUT2D eigenvalue weighted by Gasteiger charge is -2.34. The van der Waals surface area contributed by atoms with E-state index in [2.05, 4.69) is 15.4 Å². The predicted molar refractivity (Wildman–Crippen MR) is 121 cm³/mol. The van der Waals surface area contributed by atoms with E-state index in [4.69, 9.17) is 14.7 Å². The number of aryl methyl sites for hydroxylation is 3. The molecule has 2 aliphatic rings. The van der Waals surface area contributed by atoms with E-state index in [9.17, 15) is 9.90 Å². The summed E-state index contributed by atoms with van der Waals surface area (Å²) in [4.78, 5) is 27.3. The maximum Gasteiger partial charge on any atom is 0.330 e. The van der Waals surface area contributed by atoms with Gasteiger partial charge in [-0.25, -0.2) is 19.3 Å². The number of aromatic nitrogens is 7. The molecule has 0 aromatic carbocycles. The molecule has 33 heavy (non-hydrogen) atoms. The molecule has 172 valence electrons. The summed E-state index contributed by atoms with van der Waals surface area (Å²) in [5.41, 5.74) is 4.68. The highest BCUT2D eigenvalue weighted by atomic mass is 16.5. The van der Waals surface area contributed by atoms with Crippen molar-refractivity contribution in [3.05, 3.63) is 40.3 Å². The Kier molecular flexibility index (Phi) is 4.70. The highest BCUT2D eigenvalue weighted by Gasteiger charge is 2.35. The van der Waals surface area contributed by atoms with Crippen molar-refractivity contribution in [3.8, 4) is 0 Å². The molecule has 0 radical (unpaired) electrons. The number of hydrogen-bond acceptors (Lipinski definition) is 8. The van der Waals surface area contributed by atoms with E-state index in [0.29, 0.717) is 24.7 Å². The summed E-state index contributed by atoms with van der Waals surface area (Å²) in [6, 6.07) is 1.66. The van der Waals surface area contributed by atoms with E-state index in [0.717, 1.165) is 53.8 Å². The molecule has 0 bridgehead atoms. The number of pyridine rings is 1. The standard InChI is InChI=1S/C22H26N8O3/c1-12-9-17-23-11-24-29(17)10-15(12)26-21-25-14-5-3-7-28-18(14)20(27-21)30(22(28)32)16-6-4-8-33-19(16)13(2)31/h9-11,13,16,19,31H,3-8H2,1-2H3,(H,25,26,27)/t13?,16?,19-/m1/s1. The Morgan fingerprint density at radius 1 is 1.30 bits per heavy atom. The number of imidazole rings is 1. The first kappa shape index (κ1) is 20.3. The summed E-state index contributed by atoms with van der Waals surface area (Å²) in [5, 5.41) is 17.9. The summed E-state index contributed by atoms with van der Waals surface area (Å²) in [6.07, 6.45) is 5.41. The summed E-state index contributed by atoms with van der Waals surface area (Å²) in [5.74, 6) is 0.429. The lowest BCUT2D eigenvalue weighted by Crippen LogP contribution is -2.43. The second-order valence-electron chi connectivity index (χ2n) is 8.92.